The summed E-state index contributed by atoms with van der Waals surface area (Å²) in [6.45, 7) is 8.96. The average molecular weight is 511 g/mol. The Bertz CT molecular complexity index is 1380. The van der Waals surface area contributed by atoms with Crippen molar-refractivity contribution in [2.24, 2.45) is 5.92 Å². The summed E-state index contributed by atoms with van der Waals surface area (Å²) in [4.78, 5) is 48.2. The van der Waals surface area contributed by atoms with Crippen LogP contribution >= 0.6 is 22.7 Å². The molecule has 1 N–H and O–H groups in total. The van der Waals surface area contributed by atoms with Gasteiger partial charge >= 0.3 is 6.09 Å². The minimum atomic E-state index is -0.847. The highest BCUT2D eigenvalue weighted by Gasteiger charge is 2.30. The average Bonchev–Trinajstić information content (AvgIpc) is 3.54. The van der Waals surface area contributed by atoms with Crippen molar-refractivity contribution in [1.29, 1.82) is 0 Å². The number of nitrogens with zero attached hydrogens (tertiary/aromatic N) is 3. The maximum absolute atomic E-state index is 13.6. The Morgan fingerprint density at radius 1 is 1.11 bits per heavy atom. The van der Waals surface area contributed by atoms with Gasteiger partial charge in [0.05, 0.1) is 11.1 Å². The lowest BCUT2D eigenvalue weighted by atomic mass is 10.0. The van der Waals surface area contributed by atoms with Crippen LogP contribution in [0.15, 0.2) is 47.4 Å². The number of para-hydroxylation sites is 1. The zero-order valence-electron chi connectivity index (χ0n) is 20.1. The van der Waals surface area contributed by atoms with E-state index in [2.05, 4.69) is 15.3 Å². The number of nitrogens with one attached hydrogen (secondary N) is 1. The molecule has 10 heteroatoms. The molecular weight excluding hydrogens is 484 g/mol. The molecule has 1 aromatic carbocycles. The van der Waals surface area contributed by atoms with Gasteiger partial charge in [0.25, 0.3) is 5.91 Å². The van der Waals surface area contributed by atoms with Gasteiger partial charge in [0.1, 0.15) is 22.3 Å². The summed E-state index contributed by atoms with van der Waals surface area (Å²) >= 11 is 2.69. The molecule has 3 aromatic heterocycles. The van der Waals surface area contributed by atoms with Crippen LogP contribution in [0.3, 0.4) is 0 Å². The highest BCUT2D eigenvalue weighted by atomic mass is 32.1. The highest BCUT2D eigenvalue weighted by Crippen LogP contribution is 2.29. The Morgan fingerprint density at radius 3 is 2.51 bits per heavy atom. The summed E-state index contributed by atoms with van der Waals surface area (Å²) in [5, 5.41) is 8.04. The van der Waals surface area contributed by atoms with Gasteiger partial charge in [-0.05, 0) is 32.8 Å². The molecule has 8 nitrogen and oxygen atoms in total. The number of carbonyl (C=O) groups excluding carboxylic acids is 3. The van der Waals surface area contributed by atoms with Crippen LogP contribution in [0.5, 0.6) is 0 Å². The first kappa shape index (κ1) is 24.7. The SMILES string of the molecule is CC(C)[C@H](NC(=O)OC(C)(C)C)C(=O)n1cc(C(=O)c2nc(-c3nccs3)cs2)c2ccccc21. The van der Waals surface area contributed by atoms with Crippen molar-refractivity contribution in [3.63, 3.8) is 0 Å². The van der Waals surface area contributed by atoms with Gasteiger partial charge in [-0.1, -0.05) is 32.0 Å². The molecule has 182 valence electrons. The van der Waals surface area contributed by atoms with E-state index in [9.17, 15) is 14.4 Å². The molecule has 3 heterocycles. The number of rotatable bonds is 6. The minimum absolute atomic E-state index is 0.213. The van der Waals surface area contributed by atoms with E-state index >= 15 is 0 Å². The van der Waals surface area contributed by atoms with Gasteiger partial charge in [-0.15, -0.1) is 22.7 Å². The first-order valence-electron chi connectivity index (χ1n) is 11.1. The van der Waals surface area contributed by atoms with Crippen LogP contribution in [0.25, 0.3) is 21.6 Å². The third kappa shape index (κ3) is 5.33. The lowest BCUT2D eigenvalue weighted by Gasteiger charge is -2.25. The van der Waals surface area contributed by atoms with E-state index in [4.69, 9.17) is 4.74 Å². The fraction of sp³-hybridized carbons (Fsp3) is 0.320. The number of benzene rings is 1. The smallest absolute Gasteiger partial charge is 0.408 e. The van der Waals surface area contributed by atoms with Gasteiger partial charge in [-0.2, -0.15) is 0 Å². The number of aromatic nitrogens is 3. The molecule has 0 saturated heterocycles. The van der Waals surface area contributed by atoms with E-state index in [1.165, 1.54) is 33.4 Å². The highest BCUT2D eigenvalue weighted by molar-refractivity contribution is 7.14. The summed E-state index contributed by atoms with van der Waals surface area (Å²) in [5.74, 6) is -0.847. The van der Waals surface area contributed by atoms with Crippen LogP contribution in [0.1, 0.15) is 54.8 Å². The van der Waals surface area contributed by atoms with Crippen molar-refractivity contribution in [3.8, 4) is 10.7 Å². The third-order valence-corrected chi connectivity index (χ3v) is 6.79. The second-order valence-corrected chi connectivity index (χ2v) is 11.1. The molecule has 0 radical (unpaired) electrons. The van der Waals surface area contributed by atoms with E-state index in [1.54, 1.807) is 50.5 Å². The van der Waals surface area contributed by atoms with Gasteiger partial charge in [0, 0.05) is 28.5 Å². The monoisotopic (exact) mass is 510 g/mol. The lowest BCUT2D eigenvalue weighted by Crippen LogP contribution is -2.48. The number of alkyl carbamates (subject to hydrolysis) is 1. The molecule has 4 aromatic rings. The van der Waals surface area contributed by atoms with Gasteiger partial charge in [-0.3, -0.25) is 14.2 Å². The van der Waals surface area contributed by atoms with Crippen LogP contribution in [0.2, 0.25) is 0 Å². The number of fused-ring (bicyclic) bond motifs is 1. The first-order valence-corrected chi connectivity index (χ1v) is 12.8. The van der Waals surface area contributed by atoms with Crippen molar-refractivity contribution < 1.29 is 19.1 Å². The number of hydrogen-bond donors (Lipinski definition) is 1. The van der Waals surface area contributed by atoms with Crippen LogP contribution in [-0.4, -0.2) is 44.0 Å². The van der Waals surface area contributed by atoms with E-state index in [0.717, 1.165) is 5.01 Å². The van der Waals surface area contributed by atoms with Crippen molar-refractivity contribution in [2.45, 2.75) is 46.3 Å². The third-order valence-electron chi connectivity index (χ3n) is 5.15. The van der Waals surface area contributed by atoms with Crippen LogP contribution in [0, 0.1) is 5.92 Å². The molecule has 0 aliphatic rings. The van der Waals surface area contributed by atoms with E-state index in [-0.39, 0.29) is 17.6 Å². The Morgan fingerprint density at radius 2 is 1.86 bits per heavy atom. The van der Waals surface area contributed by atoms with Gasteiger partial charge in [0.15, 0.2) is 5.01 Å². The molecule has 0 spiro atoms. The number of carbonyl (C=O) groups is 3. The predicted molar refractivity (Wildman–Crippen MR) is 137 cm³/mol. The maximum atomic E-state index is 13.6. The predicted octanol–water partition coefficient (Wildman–Crippen LogP) is 5.64. The van der Waals surface area contributed by atoms with E-state index in [0.29, 0.717) is 27.2 Å². The standard InChI is InChI=1S/C25H26N4O4S2/c1-14(2)19(28-24(32)33-25(3,4)5)23(31)29-12-16(15-8-6-7-9-18(15)29)20(30)22-27-17(13-35-22)21-26-10-11-34-21/h6-14,19H,1-5H3,(H,28,32)/t19-/m0/s1. The van der Waals surface area contributed by atoms with Gasteiger partial charge in [0.2, 0.25) is 5.78 Å². The molecule has 0 aliphatic heterocycles. The minimum Gasteiger partial charge on any atom is -0.444 e. The van der Waals surface area contributed by atoms with Gasteiger partial charge < -0.3 is 10.1 Å². The molecule has 0 fully saturated rings. The molecule has 35 heavy (non-hydrogen) atoms. The quantitative estimate of drug-likeness (QED) is 0.337. The second-order valence-electron chi connectivity index (χ2n) is 9.34. The van der Waals surface area contributed by atoms with Crippen molar-refractivity contribution in [2.75, 3.05) is 0 Å². The Balaban J connectivity index is 1.68. The summed E-state index contributed by atoms with van der Waals surface area (Å²) in [5.41, 5.74) is 0.900. The zero-order chi connectivity index (χ0) is 25.3. The Hall–Kier alpha value is -3.37. The van der Waals surface area contributed by atoms with Gasteiger partial charge in [-0.25, -0.2) is 14.8 Å². The number of ketones is 1. The largest absolute Gasteiger partial charge is 0.444 e. The molecule has 4 rings (SSSR count). The van der Waals surface area contributed by atoms with E-state index < -0.39 is 17.7 Å². The summed E-state index contributed by atoms with van der Waals surface area (Å²) < 4.78 is 6.78. The molecular formula is C25H26N4O4S2. The van der Waals surface area contributed by atoms with Crippen molar-refractivity contribution >= 4 is 51.4 Å². The van der Waals surface area contributed by atoms with Crippen LogP contribution < -0.4 is 5.32 Å². The number of hydrogen-bond acceptors (Lipinski definition) is 8. The van der Waals surface area contributed by atoms with Crippen LogP contribution in [-0.2, 0) is 4.74 Å². The molecule has 0 bridgehead atoms. The topological polar surface area (TPSA) is 103 Å². The number of amides is 1. The van der Waals surface area contributed by atoms with Crippen molar-refractivity contribution in [3.05, 3.63) is 58.0 Å². The van der Waals surface area contributed by atoms with E-state index in [1.807, 2.05) is 25.3 Å². The Labute approximate surface area is 211 Å². The molecule has 1 amide bonds. The lowest BCUT2D eigenvalue weighted by molar-refractivity contribution is 0.0465. The summed E-state index contributed by atoms with van der Waals surface area (Å²) in [6.07, 6.45) is 2.55. The molecule has 1 atom stereocenters. The fourth-order valence-electron chi connectivity index (χ4n) is 3.58. The second kappa shape index (κ2) is 9.71. The molecule has 0 unspecified atom stereocenters. The summed E-state index contributed by atoms with van der Waals surface area (Å²) in [6, 6.07) is 6.34. The zero-order valence-corrected chi connectivity index (χ0v) is 21.7. The summed E-state index contributed by atoms with van der Waals surface area (Å²) in [7, 11) is 0. The number of ether oxygens (including phenoxy) is 1. The first-order chi connectivity index (χ1) is 16.5. The number of thiazole rings is 2. The van der Waals surface area contributed by atoms with Crippen molar-refractivity contribution in [1.82, 2.24) is 19.9 Å². The fourth-order valence-corrected chi connectivity index (χ4v) is 5.01. The maximum Gasteiger partial charge on any atom is 0.408 e. The molecule has 0 aliphatic carbocycles. The normalized spacial score (nSPS) is 12.6. The molecule has 0 saturated carbocycles. The van der Waals surface area contributed by atoms with Crippen LogP contribution in [0.4, 0.5) is 4.79 Å². The Kier molecular flexibility index (Phi) is 6.86.